The second-order valence-corrected chi connectivity index (χ2v) is 6.05. The molecule has 0 aliphatic heterocycles. The quantitative estimate of drug-likeness (QED) is 0.872. The normalized spacial score (nSPS) is 20.9. The fourth-order valence-corrected chi connectivity index (χ4v) is 3.31. The van der Waals surface area contributed by atoms with Crippen LogP contribution in [0.1, 0.15) is 44.2 Å². The van der Waals surface area contributed by atoms with Crippen LogP contribution in [0, 0.1) is 5.41 Å². The van der Waals surface area contributed by atoms with Crippen LogP contribution in [0.2, 0.25) is 0 Å². The minimum absolute atomic E-state index is 0.433. The average Bonchev–Trinajstić information content (AvgIpc) is 2.70. The third-order valence-electron chi connectivity index (χ3n) is 3.93. The highest BCUT2D eigenvalue weighted by Crippen LogP contribution is 2.47. The highest BCUT2D eigenvalue weighted by atomic mass is 79.9. The van der Waals surface area contributed by atoms with Crippen molar-refractivity contribution in [3.63, 3.8) is 0 Å². The van der Waals surface area contributed by atoms with E-state index in [9.17, 15) is 0 Å². The molecule has 16 heavy (non-hydrogen) atoms. The maximum atomic E-state index is 3.50. The van der Waals surface area contributed by atoms with Crippen LogP contribution >= 0.6 is 15.9 Å². The molecular weight excluding hydrogens is 262 g/mol. The summed E-state index contributed by atoms with van der Waals surface area (Å²) in [5, 5.41) is 3.50. The molecule has 0 bridgehead atoms. The lowest BCUT2D eigenvalue weighted by Gasteiger charge is -2.34. The second kappa shape index (κ2) is 4.89. The minimum Gasteiger partial charge on any atom is -0.313 e. The van der Waals surface area contributed by atoms with E-state index < -0.39 is 0 Å². The van der Waals surface area contributed by atoms with E-state index in [0.717, 1.165) is 4.47 Å². The predicted molar refractivity (Wildman–Crippen MR) is 72.5 cm³/mol. The molecule has 1 nitrogen and oxygen atoms in total. The van der Waals surface area contributed by atoms with E-state index in [-0.39, 0.29) is 0 Å². The molecule has 0 aromatic heterocycles. The standard InChI is InChI=1S/C14H20BrN/c1-14(9-3-4-10-14)13(16-2)11-5-7-12(15)8-6-11/h5-8,13,16H,3-4,9-10H2,1-2H3. The van der Waals surface area contributed by atoms with Gasteiger partial charge in [-0.15, -0.1) is 0 Å². The Morgan fingerprint density at radius 3 is 2.25 bits per heavy atom. The summed E-state index contributed by atoms with van der Waals surface area (Å²) < 4.78 is 1.16. The Hall–Kier alpha value is -0.340. The molecule has 1 aromatic carbocycles. The van der Waals surface area contributed by atoms with Gasteiger partial charge in [-0.2, -0.15) is 0 Å². The van der Waals surface area contributed by atoms with Crippen molar-refractivity contribution < 1.29 is 0 Å². The van der Waals surface area contributed by atoms with Crippen LogP contribution in [0.15, 0.2) is 28.7 Å². The summed E-state index contributed by atoms with van der Waals surface area (Å²) >= 11 is 3.49. The second-order valence-electron chi connectivity index (χ2n) is 5.13. The van der Waals surface area contributed by atoms with E-state index in [0.29, 0.717) is 11.5 Å². The van der Waals surface area contributed by atoms with Crippen molar-refractivity contribution in [1.82, 2.24) is 5.32 Å². The highest BCUT2D eigenvalue weighted by molar-refractivity contribution is 9.10. The first kappa shape index (κ1) is 12.1. The molecule has 2 heteroatoms. The fraction of sp³-hybridized carbons (Fsp3) is 0.571. The van der Waals surface area contributed by atoms with Crippen LogP contribution < -0.4 is 5.32 Å². The Bertz CT molecular complexity index is 338. The van der Waals surface area contributed by atoms with E-state index in [1.807, 2.05) is 0 Å². The summed E-state index contributed by atoms with van der Waals surface area (Å²) in [5.74, 6) is 0. The molecule has 1 saturated carbocycles. The SMILES string of the molecule is CNC(c1ccc(Br)cc1)C1(C)CCCC1. The van der Waals surface area contributed by atoms with Gasteiger partial charge in [0.1, 0.15) is 0 Å². The van der Waals surface area contributed by atoms with E-state index in [2.05, 4.69) is 59.5 Å². The number of rotatable bonds is 3. The number of benzene rings is 1. The number of halogens is 1. The first-order valence-electron chi connectivity index (χ1n) is 6.08. The van der Waals surface area contributed by atoms with Crippen molar-refractivity contribution in [2.75, 3.05) is 7.05 Å². The van der Waals surface area contributed by atoms with E-state index in [1.54, 1.807) is 0 Å². The Morgan fingerprint density at radius 1 is 1.19 bits per heavy atom. The summed E-state index contributed by atoms with van der Waals surface area (Å²) in [6.45, 7) is 2.42. The molecule has 88 valence electrons. The van der Waals surface area contributed by atoms with Gasteiger partial charge in [0.25, 0.3) is 0 Å². The molecule has 1 fully saturated rings. The molecule has 1 N–H and O–H groups in total. The maximum absolute atomic E-state index is 3.50. The lowest BCUT2D eigenvalue weighted by atomic mass is 9.77. The van der Waals surface area contributed by atoms with Crippen LogP contribution in [0.4, 0.5) is 0 Å². The molecule has 1 unspecified atom stereocenters. The van der Waals surface area contributed by atoms with Crippen LogP contribution in [-0.2, 0) is 0 Å². The van der Waals surface area contributed by atoms with Crippen LogP contribution in [-0.4, -0.2) is 7.05 Å². The lowest BCUT2D eigenvalue weighted by molar-refractivity contribution is 0.234. The van der Waals surface area contributed by atoms with Crippen molar-refractivity contribution in [1.29, 1.82) is 0 Å². The van der Waals surface area contributed by atoms with Gasteiger partial charge >= 0.3 is 0 Å². The van der Waals surface area contributed by atoms with Gasteiger partial charge in [-0.1, -0.05) is 47.8 Å². The van der Waals surface area contributed by atoms with E-state index in [4.69, 9.17) is 0 Å². The third-order valence-corrected chi connectivity index (χ3v) is 4.46. The van der Waals surface area contributed by atoms with Crippen molar-refractivity contribution in [3.8, 4) is 0 Å². The van der Waals surface area contributed by atoms with Gasteiger partial charge in [-0.05, 0) is 43.0 Å². The van der Waals surface area contributed by atoms with Crippen molar-refractivity contribution in [2.24, 2.45) is 5.41 Å². The van der Waals surface area contributed by atoms with Crippen molar-refractivity contribution >= 4 is 15.9 Å². The molecule has 0 heterocycles. The van der Waals surface area contributed by atoms with Crippen LogP contribution in [0.5, 0.6) is 0 Å². The molecule has 1 aromatic rings. The first-order chi connectivity index (χ1) is 7.65. The van der Waals surface area contributed by atoms with Gasteiger partial charge < -0.3 is 5.32 Å². The van der Waals surface area contributed by atoms with Gasteiger partial charge in [0.05, 0.1) is 0 Å². The molecule has 0 spiro atoms. The van der Waals surface area contributed by atoms with Crippen molar-refractivity contribution in [3.05, 3.63) is 34.3 Å². The predicted octanol–water partition coefficient (Wildman–Crippen LogP) is 4.29. The Balaban J connectivity index is 2.25. The molecule has 0 amide bonds. The number of hydrogen-bond acceptors (Lipinski definition) is 1. The smallest absolute Gasteiger partial charge is 0.0372 e. The summed E-state index contributed by atoms with van der Waals surface area (Å²) in [6.07, 6.45) is 5.44. The number of nitrogens with one attached hydrogen (secondary N) is 1. The van der Waals surface area contributed by atoms with E-state index in [1.165, 1.54) is 31.2 Å². The molecule has 0 radical (unpaired) electrons. The molecule has 1 atom stereocenters. The third kappa shape index (κ3) is 2.33. The van der Waals surface area contributed by atoms with Gasteiger partial charge in [0.15, 0.2) is 0 Å². The van der Waals surface area contributed by atoms with Gasteiger partial charge in [-0.25, -0.2) is 0 Å². The average molecular weight is 282 g/mol. The molecule has 2 rings (SSSR count). The summed E-state index contributed by atoms with van der Waals surface area (Å²) in [6, 6.07) is 9.22. The van der Waals surface area contributed by atoms with Gasteiger partial charge in [-0.3, -0.25) is 0 Å². The fourth-order valence-electron chi connectivity index (χ4n) is 3.04. The summed E-state index contributed by atoms with van der Waals surface area (Å²) in [7, 11) is 2.08. The van der Waals surface area contributed by atoms with E-state index >= 15 is 0 Å². The zero-order chi connectivity index (χ0) is 11.6. The molecule has 0 saturated heterocycles. The topological polar surface area (TPSA) is 12.0 Å². The van der Waals surface area contributed by atoms with Gasteiger partial charge in [0.2, 0.25) is 0 Å². The number of hydrogen-bond donors (Lipinski definition) is 1. The van der Waals surface area contributed by atoms with Crippen molar-refractivity contribution in [2.45, 2.75) is 38.6 Å². The minimum atomic E-state index is 0.433. The highest BCUT2D eigenvalue weighted by Gasteiger charge is 2.36. The van der Waals surface area contributed by atoms with Crippen LogP contribution in [0.25, 0.3) is 0 Å². The maximum Gasteiger partial charge on any atom is 0.0372 e. The monoisotopic (exact) mass is 281 g/mol. The zero-order valence-corrected chi connectivity index (χ0v) is 11.7. The molecule has 1 aliphatic rings. The Labute approximate surface area is 107 Å². The van der Waals surface area contributed by atoms with Crippen LogP contribution in [0.3, 0.4) is 0 Å². The van der Waals surface area contributed by atoms with Gasteiger partial charge in [0, 0.05) is 10.5 Å². The first-order valence-corrected chi connectivity index (χ1v) is 6.88. The zero-order valence-electron chi connectivity index (χ0n) is 10.1. The Morgan fingerprint density at radius 2 is 1.75 bits per heavy atom. The molecular formula is C14H20BrN. The largest absolute Gasteiger partial charge is 0.313 e. The Kier molecular flexibility index (Phi) is 3.70. The summed E-state index contributed by atoms with van der Waals surface area (Å²) in [4.78, 5) is 0. The molecule has 1 aliphatic carbocycles. The lowest BCUT2D eigenvalue weighted by Crippen LogP contribution is -2.32. The summed E-state index contributed by atoms with van der Waals surface area (Å²) in [5.41, 5.74) is 1.85.